The summed E-state index contributed by atoms with van der Waals surface area (Å²) in [5.41, 5.74) is 0.798. The zero-order valence-corrected chi connectivity index (χ0v) is 12.7. The lowest BCUT2D eigenvalue weighted by molar-refractivity contribution is 0.469. The number of hydrogen-bond acceptors (Lipinski definition) is 3. The Labute approximate surface area is 137 Å². The molecule has 3 rings (SSSR count). The second-order valence-corrected chi connectivity index (χ2v) is 5.28. The number of phenols is 1. The van der Waals surface area contributed by atoms with Gasteiger partial charge in [-0.1, -0.05) is 24.3 Å². The van der Waals surface area contributed by atoms with Crippen LogP contribution >= 0.6 is 0 Å². The average Bonchev–Trinajstić information content (AvgIpc) is 2.58. The molecule has 0 aliphatic carbocycles. The van der Waals surface area contributed by atoms with Gasteiger partial charge in [0.2, 0.25) is 5.95 Å². The lowest BCUT2D eigenvalue weighted by Crippen LogP contribution is -1.97. The fourth-order valence-corrected chi connectivity index (χ4v) is 2.62. The molecule has 3 nitrogen and oxygen atoms in total. The van der Waals surface area contributed by atoms with E-state index in [9.17, 15) is 14.8 Å². The van der Waals surface area contributed by atoms with Crippen molar-refractivity contribution in [3.8, 4) is 34.1 Å². The smallest absolute Gasteiger partial charge is 0.220 e. The molecule has 2 aromatic carbocycles. The van der Waals surface area contributed by atoms with Crippen molar-refractivity contribution in [2.75, 3.05) is 0 Å². The summed E-state index contributed by atoms with van der Waals surface area (Å²) < 4.78 is 29.1. The minimum absolute atomic E-state index is 0.126. The highest BCUT2D eigenvalue weighted by molar-refractivity contribution is 5.82. The van der Waals surface area contributed by atoms with E-state index in [1.54, 1.807) is 25.1 Å². The van der Waals surface area contributed by atoms with Gasteiger partial charge in [-0.05, 0) is 36.2 Å². The van der Waals surface area contributed by atoms with Gasteiger partial charge in [0.15, 0.2) is 0 Å². The molecule has 3 aromatic rings. The number of nitrogens with zero attached hydrogens (tertiary/aromatic N) is 2. The monoisotopic (exact) mass is 322 g/mol. The summed E-state index contributed by atoms with van der Waals surface area (Å²) in [4.78, 5) is 3.49. The van der Waals surface area contributed by atoms with E-state index in [1.807, 2.05) is 12.1 Å². The maximum atomic E-state index is 15.1. The quantitative estimate of drug-likeness (QED) is 0.703. The van der Waals surface area contributed by atoms with Crippen LogP contribution in [0.5, 0.6) is 5.75 Å². The number of rotatable bonds is 2. The Morgan fingerprint density at radius 3 is 2.42 bits per heavy atom. The van der Waals surface area contributed by atoms with Crippen molar-refractivity contribution >= 4 is 0 Å². The second kappa shape index (κ2) is 6.09. The normalized spacial score (nSPS) is 10.4. The van der Waals surface area contributed by atoms with Crippen molar-refractivity contribution in [3.63, 3.8) is 0 Å². The summed E-state index contributed by atoms with van der Waals surface area (Å²) in [6, 6.07) is 12.9. The van der Waals surface area contributed by atoms with Crippen LogP contribution in [-0.4, -0.2) is 10.1 Å². The van der Waals surface area contributed by atoms with Gasteiger partial charge in [0.25, 0.3) is 0 Å². The van der Waals surface area contributed by atoms with Gasteiger partial charge in [-0.25, -0.2) is 9.37 Å². The number of benzene rings is 2. The van der Waals surface area contributed by atoms with Gasteiger partial charge in [0.1, 0.15) is 17.6 Å². The van der Waals surface area contributed by atoms with E-state index in [-0.39, 0.29) is 22.3 Å². The number of pyridine rings is 1. The first-order chi connectivity index (χ1) is 11.5. The van der Waals surface area contributed by atoms with Crippen molar-refractivity contribution in [2.24, 2.45) is 0 Å². The van der Waals surface area contributed by atoms with Crippen LogP contribution in [0.4, 0.5) is 8.78 Å². The minimum Gasteiger partial charge on any atom is -0.506 e. The fourth-order valence-electron chi connectivity index (χ4n) is 2.62. The van der Waals surface area contributed by atoms with E-state index in [0.29, 0.717) is 5.56 Å². The van der Waals surface area contributed by atoms with Gasteiger partial charge in [0.05, 0.1) is 11.1 Å². The molecule has 118 valence electrons. The van der Waals surface area contributed by atoms with Gasteiger partial charge in [-0.2, -0.15) is 9.65 Å². The van der Waals surface area contributed by atoms with Crippen LogP contribution in [0.2, 0.25) is 0 Å². The summed E-state index contributed by atoms with van der Waals surface area (Å²) in [6.07, 6.45) is 1.23. The Hall–Kier alpha value is -3.26. The molecule has 0 radical (unpaired) electrons. The molecular formula is C19H12F2N2O. The van der Waals surface area contributed by atoms with Gasteiger partial charge < -0.3 is 5.11 Å². The molecule has 1 aromatic heterocycles. The highest BCUT2D eigenvalue weighted by Gasteiger charge is 2.23. The number of phenolic OH excluding ortho intramolecular Hbond substituents is 1. The lowest BCUT2D eigenvalue weighted by Gasteiger charge is -2.14. The first kappa shape index (κ1) is 15.6. The maximum absolute atomic E-state index is 15.1. The van der Waals surface area contributed by atoms with E-state index in [4.69, 9.17) is 0 Å². The second-order valence-electron chi connectivity index (χ2n) is 5.28. The molecule has 1 heterocycles. The van der Waals surface area contributed by atoms with E-state index < -0.39 is 17.5 Å². The third kappa shape index (κ3) is 2.48. The molecule has 0 aliphatic rings. The van der Waals surface area contributed by atoms with E-state index >= 15 is 4.39 Å². The molecule has 0 amide bonds. The molecule has 0 bridgehead atoms. The summed E-state index contributed by atoms with van der Waals surface area (Å²) in [7, 11) is 0. The molecule has 0 saturated heterocycles. The topological polar surface area (TPSA) is 56.9 Å². The first-order valence-corrected chi connectivity index (χ1v) is 7.17. The van der Waals surface area contributed by atoms with Crippen LogP contribution in [0.1, 0.15) is 11.1 Å². The fraction of sp³-hybridized carbons (Fsp3) is 0.0526. The van der Waals surface area contributed by atoms with Crippen molar-refractivity contribution in [1.82, 2.24) is 4.98 Å². The molecule has 5 heteroatoms. The molecular weight excluding hydrogens is 310 g/mol. The van der Waals surface area contributed by atoms with Crippen molar-refractivity contribution < 1.29 is 13.9 Å². The Kier molecular flexibility index (Phi) is 3.97. The standard InChI is InChI=1S/C19H12F2N2O/c1-11-5-2-3-6-13(11)15-9-12(10-22)18(24)16(17(15)20)14-7-4-8-23-19(14)21/h2-9,24H,1H3. The van der Waals surface area contributed by atoms with Crippen molar-refractivity contribution in [3.05, 3.63) is 71.6 Å². The lowest BCUT2D eigenvalue weighted by atomic mass is 9.93. The third-order valence-electron chi connectivity index (χ3n) is 3.82. The molecule has 0 aliphatic heterocycles. The number of nitriles is 1. The number of hydrogen-bond donors (Lipinski definition) is 1. The van der Waals surface area contributed by atoms with Crippen molar-refractivity contribution in [1.29, 1.82) is 5.26 Å². The van der Waals surface area contributed by atoms with Crippen LogP contribution < -0.4 is 0 Å². The Bertz CT molecular complexity index is 978. The van der Waals surface area contributed by atoms with Crippen LogP contribution in [0.25, 0.3) is 22.3 Å². The predicted molar refractivity (Wildman–Crippen MR) is 86.1 cm³/mol. The summed E-state index contributed by atoms with van der Waals surface area (Å²) in [5, 5.41) is 19.5. The van der Waals surface area contributed by atoms with Crippen molar-refractivity contribution in [2.45, 2.75) is 6.92 Å². The van der Waals surface area contributed by atoms with E-state index in [0.717, 1.165) is 5.56 Å². The zero-order chi connectivity index (χ0) is 17.3. The largest absolute Gasteiger partial charge is 0.506 e. The average molecular weight is 322 g/mol. The van der Waals surface area contributed by atoms with Crippen LogP contribution in [0.3, 0.4) is 0 Å². The Balaban J connectivity index is 2.40. The minimum atomic E-state index is -0.919. The summed E-state index contributed by atoms with van der Waals surface area (Å²) in [5.74, 6) is -2.32. The Morgan fingerprint density at radius 2 is 1.75 bits per heavy atom. The third-order valence-corrected chi connectivity index (χ3v) is 3.82. The Morgan fingerprint density at radius 1 is 1.04 bits per heavy atom. The number of halogens is 2. The number of aromatic hydroxyl groups is 1. The summed E-state index contributed by atoms with van der Waals surface area (Å²) in [6.45, 7) is 1.80. The zero-order valence-electron chi connectivity index (χ0n) is 12.7. The van der Waals surface area contributed by atoms with Crippen LogP contribution in [-0.2, 0) is 0 Å². The highest BCUT2D eigenvalue weighted by atomic mass is 19.1. The van der Waals surface area contributed by atoms with Crippen LogP contribution in [0, 0.1) is 30.0 Å². The van der Waals surface area contributed by atoms with Gasteiger partial charge >= 0.3 is 0 Å². The van der Waals surface area contributed by atoms with Gasteiger partial charge in [-0.3, -0.25) is 0 Å². The molecule has 1 N–H and O–H groups in total. The first-order valence-electron chi connectivity index (χ1n) is 7.17. The molecule has 0 atom stereocenters. The molecule has 0 fully saturated rings. The predicted octanol–water partition coefficient (Wildman–Crippen LogP) is 4.58. The molecule has 0 spiro atoms. The number of aryl methyl sites for hydroxylation is 1. The summed E-state index contributed by atoms with van der Waals surface area (Å²) >= 11 is 0. The highest BCUT2D eigenvalue weighted by Crippen LogP contribution is 2.41. The van der Waals surface area contributed by atoms with Gasteiger partial charge in [0, 0.05) is 17.3 Å². The van der Waals surface area contributed by atoms with Crippen LogP contribution in [0.15, 0.2) is 48.7 Å². The molecule has 24 heavy (non-hydrogen) atoms. The molecule has 0 unspecified atom stereocenters. The molecule has 0 saturated carbocycles. The van der Waals surface area contributed by atoms with Gasteiger partial charge in [-0.15, -0.1) is 0 Å². The SMILES string of the molecule is Cc1ccccc1-c1cc(C#N)c(O)c(-c2cccnc2F)c1F. The number of aromatic nitrogens is 1. The van der Waals surface area contributed by atoms with E-state index in [1.165, 1.54) is 24.4 Å². The maximum Gasteiger partial charge on any atom is 0.220 e. The van der Waals surface area contributed by atoms with E-state index in [2.05, 4.69) is 4.98 Å².